The highest BCUT2D eigenvalue weighted by Crippen LogP contribution is 2.19. The summed E-state index contributed by atoms with van der Waals surface area (Å²) in [5.74, 6) is 0.604. The molecular weight excluding hydrogens is 402 g/mol. The number of nitriles is 1. The zero-order valence-electron chi connectivity index (χ0n) is 16.7. The number of amides is 1. The number of nitrogens with one attached hydrogen (secondary N) is 2. The zero-order chi connectivity index (χ0) is 21.2. The summed E-state index contributed by atoms with van der Waals surface area (Å²) in [6.07, 6.45) is 0. The Hall–Kier alpha value is -2.56. The van der Waals surface area contributed by atoms with Crippen LogP contribution in [0.3, 0.4) is 0 Å². The summed E-state index contributed by atoms with van der Waals surface area (Å²) in [7, 11) is 0. The van der Waals surface area contributed by atoms with Gasteiger partial charge in [0.2, 0.25) is 5.91 Å². The number of hydrogen-bond donors (Lipinski definition) is 2. The van der Waals surface area contributed by atoms with Gasteiger partial charge in [-0.05, 0) is 49.2 Å². The SMILES string of the molecule is CC(COc1ccc(C#N)cc1)NC(=O)[C@@H](NC(=S)Sc1ccccc1)C(C)C. The lowest BCUT2D eigenvalue weighted by Gasteiger charge is -2.25. The smallest absolute Gasteiger partial charge is 0.243 e. The third-order valence-corrected chi connectivity index (χ3v) is 5.23. The summed E-state index contributed by atoms with van der Waals surface area (Å²) in [5.41, 5.74) is 0.578. The highest BCUT2D eigenvalue weighted by atomic mass is 32.2. The van der Waals surface area contributed by atoms with Crippen LogP contribution in [0.25, 0.3) is 0 Å². The lowest BCUT2D eigenvalue weighted by molar-refractivity contribution is -0.124. The molecule has 2 aromatic rings. The minimum absolute atomic E-state index is 0.0657. The number of rotatable bonds is 8. The van der Waals surface area contributed by atoms with Crippen molar-refractivity contribution in [1.29, 1.82) is 5.26 Å². The van der Waals surface area contributed by atoms with Gasteiger partial charge in [-0.3, -0.25) is 4.79 Å². The highest BCUT2D eigenvalue weighted by molar-refractivity contribution is 8.23. The van der Waals surface area contributed by atoms with E-state index in [2.05, 4.69) is 16.7 Å². The number of benzene rings is 2. The molecule has 5 nitrogen and oxygen atoms in total. The van der Waals surface area contributed by atoms with Gasteiger partial charge in [0.05, 0.1) is 17.7 Å². The molecule has 0 radical (unpaired) electrons. The van der Waals surface area contributed by atoms with Gasteiger partial charge in [-0.15, -0.1) is 0 Å². The predicted molar refractivity (Wildman–Crippen MR) is 121 cm³/mol. The summed E-state index contributed by atoms with van der Waals surface area (Å²) in [5, 5.41) is 15.0. The Balaban J connectivity index is 1.85. The fourth-order valence-electron chi connectivity index (χ4n) is 2.51. The molecule has 0 aliphatic carbocycles. The fourth-order valence-corrected chi connectivity index (χ4v) is 3.62. The third-order valence-electron chi connectivity index (χ3n) is 4.05. The number of thiocarbonyl (C=S) groups is 1. The van der Waals surface area contributed by atoms with Crippen LogP contribution in [0.5, 0.6) is 5.75 Å². The van der Waals surface area contributed by atoms with Gasteiger partial charge in [0, 0.05) is 4.90 Å². The molecule has 0 aliphatic heterocycles. The van der Waals surface area contributed by atoms with Crippen LogP contribution in [-0.4, -0.2) is 28.9 Å². The first-order valence-electron chi connectivity index (χ1n) is 9.35. The van der Waals surface area contributed by atoms with E-state index in [1.165, 1.54) is 11.8 Å². The first kappa shape index (κ1) is 22.7. The van der Waals surface area contributed by atoms with Gasteiger partial charge in [0.25, 0.3) is 0 Å². The molecule has 1 amide bonds. The van der Waals surface area contributed by atoms with Crippen molar-refractivity contribution in [2.75, 3.05) is 6.61 Å². The van der Waals surface area contributed by atoms with Gasteiger partial charge in [-0.25, -0.2) is 0 Å². The van der Waals surface area contributed by atoms with Gasteiger partial charge in [0.1, 0.15) is 22.7 Å². The van der Waals surface area contributed by atoms with Crippen molar-refractivity contribution in [2.24, 2.45) is 5.92 Å². The highest BCUT2D eigenvalue weighted by Gasteiger charge is 2.24. The minimum atomic E-state index is -0.434. The number of carbonyl (C=O) groups excluding carboxylic acids is 1. The Morgan fingerprint density at radius 1 is 1.10 bits per heavy atom. The molecule has 152 valence electrons. The van der Waals surface area contributed by atoms with Crippen molar-refractivity contribution in [3.05, 3.63) is 60.2 Å². The van der Waals surface area contributed by atoms with Crippen molar-refractivity contribution in [3.8, 4) is 11.8 Å². The van der Waals surface area contributed by atoms with Crippen LogP contribution in [-0.2, 0) is 4.79 Å². The van der Waals surface area contributed by atoms with Crippen LogP contribution in [0.2, 0.25) is 0 Å². The summed E-state index contributed by atoms with van der Waals surface area (Å²) in [6, 6.07) is 18.1. The normalized spacial score (nSPS) is 12.5. The second-order valence-corrected chi connectivity index (χ2v) is 8.68. The van der Waals surface area contributed by atoms with Crippen molar-refractivity contribution < 1.29 is 9.53 Å². The topological polar surface area (TPSA) is 74.1 Å². The van der Waals surface area contributed by atoms with E-state index in [1.807, 2.05) is 51.1 Å². The van der Waals surface area contributed by atoms with Crippen molar-refractivity contribution in [3.63, 3.8) is 0 Å². The summed E-state index contributed by atoms with van der Waals surface area (Å²) in [6.45, 7) is 6.16. The molecule has 0 bridgehead atoms. The van der Waals surface area contributed by atoms with Gasteiger partial charge >= 0.3 is 0 Å². The van der Waals surface area contributed by atoms with Crippen LogP contribution in [0.15, 0.2) is 59.5 Å². The molecule has 2 rings (SSSR count). The van der Waals surface area contributed by atoms with Crippen molar-refractivity contribution in [2.45, 2.75) is 37.8 Å². The standard InChI is InChI=1S/C22H25N3O2S2/c1-15(2)20(25-22(28)29-19-7-5-4-6-8-19)21(26)24-16(3)14-27-18-11-9-17(13-23)10-12-18/h4-12,15-16,20H,14H2,1-3H3,(H,24,26)(H,25,28)/t16?,20-/m0/s1. The Bertz CT molecular complexity index is 849. The molecule has 1 unspecified atom stereocenters. The lowest BCUT2D eigenvalue weighted by atomic mass is 10.0. The number of nitrogens with zero attached hydrogens (tertiary/aromatic N) is 1. The molecule has 0 aromatic heterocycles. The Labute approximate surface area is 181 Å². The number of thioether (sulfide) groups is 1. The molecule has 7 heteroatoms. The van der Waals surface area contributed by atoms with Crippen molar-refractivity contribution >= 4 is 34.2 Å². The van der Waals surface area contributed by atoms with E-state index in [0.29, 0.717) is 22.2 Å². The summed E-state index contributed by atoms with van der Waals surface area (Å²) < 4.78 is 6.26. The second-order valence-electron chi connectivity index (χ2n) is 6.93. The van der Waals surface area contributed by atoms with Crippen LogP contribution in [0, 0.1) is 17.2 Å². The molecular formula is C22H25N3O2S2. The van der Waals surface area contributed by atoms with Gasteiger partial charge in [-0.1, -0.05) is 56.0 Å². The summed E-state index contributed by atoms with van der Waals surface area (Å²) in [4.78, 5) is 13.8. The molecule has 29 heavy (non-hydrogen) atoms. The van der Waals surface area contributed by atoms with Crippen LogP contribution < -0.4 is 15.4 Å². The zero-order valence-corrected chi connectivity index (χ0v) is 18.3. The maximum absolute atomic E-state index is 12.7. The average Bonchev–Trinajstić information content (AvgIpc) is 2.71. The van der Waals surface area contributed by atoms with E-state index >= 15 is 0 Å². The maximum atomic E-state index is 12.7. The molecule has 0 saturated carbocycles. The third kappa shape index (κ3) is 7.76. The first-order valence-corrected chi connectivity index (χ1v) is 10.6. The van der Waals surface area contributed by atoms with Gasteiger partial charge in [0.15, 0.2) is 0 Å². The molecule has 0 spiro atoms. The molecule has 2 atom stereocenters. The first-order chi connectivity index (χ1) is 13.9. The molecule has 2 aromatic carbocycles. The predicted octanol–water partition coefficient (Wildman–Crippen LogP) is 4.13. The maximum Gasteiger partial charge on any atom is 0.243 e. The molecule has 0 saturated heterocycles. The average molecular weight is 428 g/mol. The van der Waals surface area contributed by atoms with E-state index in [1.54, 1.807) is 24.3 Å². The molecule has 0 heterocycles. The number of carbonyl (C=O) groups is 1. The number of hydrogen-bond acceptors (Lipinski definition) is 5. The van der Waals surface area contributed by atoms with Crippen LogP contribution in [0.1, 0.15) is 26.3 Å². The van der Waals surface area contributed by atoms with Crippen LogP contribution >= 0.6 is 24.0 Å². The fraction of sp³-hybridized carbons (Fsp3) is 0.318. The Kier molecular flexibility index (Phi) is 8.97. The van der Waals surface area contributed by atoms with Crippen molar-refractivity contribution in [1.82, 2.24) is 10.6 Å². The minimum Gasteiger partial charge on any atom is -0.491 e. The summed E-state index contributed by atoms with van der Waals surface area (Å²) >= 11 is 6.85. The van der Waals surface area contributed by atoms with E-state index in [-0.39, 0.29) is 17.9 Å². The largest absolute Gasteiger partial charge is 0.491 e. The molecule has 2 N–H and O–H groups in total. The van der Waals surface area contributed by atoms with E-state index in [0.717, 1.165) is 4.90 Å². The van der Waals surface area contributed by atoms with E-state index in [4.69, 9.17) is 22.2 Å². The molecule has 0 fully saturated rings. The lowest BCUT2D eigenvalue weighted by Crippen LogP contribution is -2.51. The number of ether oxygens (including phenoxy) is 1. The second kappa shape index (κ2) is 11.4. The quantitative estimate of drug-likeness (QED) is 0.487. The van der Waals surface area contributed by atoms with Crippen LogP contribution in [0.4, 0.5) is 0 Å². The van der Waals surface area contributed by atoms with E-state index < -0.39 is 6.04 Å². The monoisotopic (exact) mass is 427 g/mol. The van der Waals surface area contributed by atoms with E-state index in [9.17, 15) is 4.79 Å². The van der Waals surface area contributed by atoms with Gasteiger partial charge in [-0.2, -0.15) is 5.26 Å². The molecule has 0 aliphatic rings. The Morgan fingerprint density at radius 2 is 1.76 bits per heavy atom. The van der Waals surface area contributed by atoms with Gasteiger partial charge < -0.3 is 15.4 Å². The Morgan fingerprint density at radius 3 is 2.34 bits per heavy atom.